The Kier molecular flexibility index (Phi) is 3.61. The minimum atomic E-state index is -4.66. The summed E-state index contributed by atoms with van der Waals surface area (Å²) in [5.74, 6) is 0. The van der Waals surface area contributed by atoms with Gasteiger partial charge in [0, 0.05) is 0 Å². The van der Waals surface area contributed by atoms with Crippen molar-refractivity contribution in [3.05, 3.63) is 0 Å². The van der Waals surface area contributed by atoms with Gasteiger partial charge in [-0.1, -0.05) is 0 Å². The van der Waals surface area contributed by atoms with E-state index in [1.54, 1.807) is 0 Å². The van der Waals surface area contributed by atoms with Crippen LogP contribution in [0.4, 0.5) is 0 Å². The molecule has 0 aromatic rings. The zero-order chi connectivity index (χ0) is 14.6. The molecule has 4 unspecified atom stereocenters. The summed E-state index contributed by atoms with van der Waals surface area (Å²) in [4.78, 5) is 0. The van der Waals surface area contributed by atoms with Gasteiger partial charge >= 0.3 is 0 Å². The molecular weight excluding hydrogens is 288 g/mol. The van der Waals surface area contributed by atoms with Crippen LogP contribution in [0, 0.1) is 0 Å². The Morgan fingerprint density at radius 3 is 1.22 bits per heavy atom. The lowest BCUT2D eigenvalue weighted by atomic mass is 9.77. The molecule has 0 saturated heterocycles. The molecular formula is C8H16O8S2. The molecule has 1 rings (SSSR count). The molecule has 1 saturated carbocycles. The molecule has 0 heterocycles. The van der Waals surface area contributed by atoms with Crippen molar-refractivity contribution in [1.82, 2.24) is 0 Å². The van der Waals surface area contributed by atoms with Gasteiger partial charge in [0.15, 0.2) is 0 Å². The summed E-state index contributed by atoms with van der Waals surface area (Å²) in [7, 11) is -9.32. The Hall–Kier alpha value is -0.260. The molecule has 1 fully saturated rings. The minimum Gasteiger partial charge on any atom is -0.389 e. The summed E-state index contributed by atoms with van der Waals surface area (Å²) in [6.45, 7) is 2.05. The van der Waals surface area contributed by atoms with Crippen LogP contribution in [-0.4, -0.2) is 57.9 Å². The lowest BCUT2D eigenvalue weighted by Gasteiger charge is -2.45. The Bertz CT molecular complexity index is 479. The molecule has 0 aliphatic heterocycles. The quantitative estimate of drug-likeness (QED) is 0.464. The fraction of sp³-hybridized carbons (Fsp3) is 1.00. The number of aliphatic hydroxyl groups is 2. The van der Waals surface area contributed by atoms with Crippen molar-refractivity contribution in [1.29, 1.82) is 0 Å². The zero-order valence-electron chi connectivity index (χ0n) is 9.81. The highest BCUT2D eigenvalue weighted by Crippen LogP contribution is 2.41. The normalized spacial score (nSPS) is 42.8. The van der Waals surface area contributed by atoms with Gasteiger partial charge < -0.3 is 10.2 Å². The summed E-state index contributed by atoms with van der Waals surface area (Å²) in [6, 6.07) is 0. The monoisotopic (exact) mass is 304 g/mol. The molecule has 8 nitrogen and oxygen atoms in total. The zero-order valence-corrected chi connectivity index (χ0v) is 11.4. The van der Waals surface area contributed by atoms with E-state index in [4.69, 9.17) is 9.11 Å². The van der Waals surface area contributed by atoms with Crippen molar-refractivity contribution in [3.63, 3.8) is 0 Å². The first-order valence-corrected chi connectivity index (χ1v) is 8.06. The molecule has 108 valence electrons. The maximum absolute atomic E-state index is 11.1. The number of rotatable bonds is 2. The van der Waals surface area contributed by atoms with Crippen LogP contribution in [0.25, 0.3) is 0 Å². The highest BCUT2D eigenvalue weighted by atomic mass is 32.2. The van der Waals surface area contributed by atoms with Crippen molar-refractivity contribution < 1.29 is 36.2 Å². The van der Waals surface area contributed by atoms with Gasteiger partial charge in [-0.15, -0.1) is 0 Å². The summed E-state index contributed by atoms with van der Waals surface area (Å²) in [6.07, 6.45) is -1.41. The standard InChI is InChI=1S/C8H16O8S2/c1-7(9)3-6(18(14,15)16)8(2,10)4-5(7)17(11,12)13/h5-6,9-10H,3-4H2,1-2H3,(H,11,12,13)(H,14,15,16). The van der Waals surface area contributed by atoms with Crippen LogP contribution in [0.1, 0.15) is 26.7 Å². The second-order valence-corrected chi connectivity index (χ2v) is 8.33. The molecule has 0 radical (unpaired) electrons. The predicted octanol–water partition coefficient (Wildman–Crippen LogP) is -1.20. The van der Waals surface area contributed by atoms with E-state index in [1.165, 1.54) is 0 Å². The molecule has 4 atom stereocenters. The molecule has 0 aromatic heterocycles. The third-order valence-electron chi connectivity index (χ3n) is 3.30. The van der Waals surface area contributed by atoms with E-state index in [0.29, 0.717) is 0 Å². The van der Waals surface area contributed by atoms with Gasteiger partial charge in [0.1, 0.15) is 10.5 Å². The van der Waals surface area contributed by atoms with Gasteiger partial charge in [-0.2, -0.15) is 16.8 Å². The largest absolute Gasteiger partial charge is 0.389 e. The van der Waals surface area contributed by atoms with Crippen LogP contribution >= 0.6 is 0 Å². The molecule has 0 aromatic carbocycles. The third-order valence-corrected chi connectivity index (χ3v) is 6.09. The van der Waals surface area contributed by atoms with E-state index in [0.717, 1.165) is 13.8 Å². The highest BCUT2D eigenvalue weighted by molar-refractivity contribution is 7.87. The van der Waals surface area contributed by atoms with Crippen molar-refractivity contribution >= 4 is 20.2 Å². The van der Waals surface area contributed by atoms with E-state index >= 15 is 0 Å². The average Bonchev–Trinajstić information content (AvgIpc) is 2.05. The molecule has 0 spiro atoms. The van der Waals surface area contributed by atoms with Gasteiger partial charge in [-0.25, -0.2) is 0 Å². The lowest BCUT2D eigenvalue weighted by Crippen LogP contribution is -2.61. The maximum atomic E-state index is 11.1. The number of hydrogen-bond acceptors (Lipinski definition) is 6. The van der Waals surface area contributed by atoms with Crippen molar-refractivity contribution in [2.24, 2.45) is 0 Å². The van der Waals surface area contributed by atoms with Crippen LogP contribution in [0.15, 0.2) is 0 Å². The number of hydrogen-bond donors (Lipinski definition) is 4. The average molecular weight is 304 g/mol. The highest BCUT2D eigenvalue weighted by Gasteiger charge is 2.57. The minimum absolute atomic E-state index is 0.705. The molecule has 4 N–H and O–H groups in total. The maximum Gasteiger partial charge on any atom is 0.270 e. The fourth-order valence-corrected chi connectivity index (χ4v) is 4.88. The summed E-state index contributed by atoms with van der Waals surface area (Å²) >= 11 is 0. The van der Waals surface area contributed by atoms with Crippen molar-refractivity contribution in [3.8, 4) is 0 Å². The smallest absolute Gasteiger partial charge is 0.270 e. The van der Waals surface area contributed by atoms with E-state index in [2.05, 4.69) is 0 Å². The Morgan fingerprint density at radius 1 is 0.833 bits per heavy atom. The Morgan fingerprint density at radius 2 is 1.06 bits per heavy atom. The SMILES string of the molecule is CC1(O)CC(S(=O)(=O)O)C(C)(O)CC1S(=O)(=O)O. The summed E-state index contributed by atoms with van der Waals surface area (Å²) in [5, 5.41) is 16.4. The second-order valence-electron chi connectivity index (χ2n) is 5.13. The van der Waals surface area contributed by atoms with E-state index in [1.807, 2.05) is 0 Å². The van der Waals surface area contributed by atoms with E-state index in [9.17, 15) is 27.0 Å². The third kappa shape index (κ3) is 3.00. The first-order chi connectivity index (χ1) is 7.68. The molecule has 1 aliphatic rings. The van der Waals surface area contributed by atoms with Gasteiger partial charge in [0.25, 0.3) is 20.2 Å². The van der Waals surface area contributed by atoms with Gasteiger partial charge in [-0.3, -0.25) is 9.11 Å². The van der Waals surface area contributed by atoms with Gasteiger partial charge in [-0.05, 0) is 26.7 Å². The van der Waals surface area contributed by atoms with Crippen LogP contribution in [0.5, 0.6) is 0 Å². The van der Waals surface area contributed by atoms with Crippen LogP contribution < -0.4 is 0 Å². The fourth-order valence-electron chi connectivity index (χ4n) is 2.31. The van der Waals surface area contributed by atoms with Crippen LogP contribution in [0.3, 0.4) is 0 Å². The Balaban J connectivity index is 3.28. The molecule has 18 heavy (non-hydrogen) atoms. The summed E-state index contributed by atoms with van der Waals surface area (Å²) < 4.78 is 62.5. The molecule has 10 heteroatoms. The molecule has 0 amide bonds. The first-order valence-electron chi connectivity index (χ1n) is 5.05. The van der Waals surface area contributed by atoms with E-state index < -0.39 is 54.8 Å². The first kappa shape index (κ1) is 15.8. The van der Waals surface area contributed by atoms with E-state index in [-0.39, 0.29) is 0 Å². The van der Waals surface area contributed by atoms with Crippen LogP contribution in [-0.2, 0) is 20.2 Å². The van der Waals surface area contributed by atoms with Crippen molar-refractivity contribution in [2.75, 3.05) is 0 Å². The molecule has 0 bridgehead atoms. The topological polar surface area (TPSA) is 149 Å². The summed E-state index contributed by atoms with van der Waals surface area (Å²) in [5.41, 5.74) is -4.15. The van der Waals surface area contributed by atoms with Gasteiger partial charge in [0.2, 0.25) is 0 Å². The lowest BCUT2D eigenvalue weighted by molar-refractivity contribution is -0.0582. The predicted molar refractivity (Wildman–Crippen MR) is 61.2 cm³/mol. The van der Waals surface area contributed by atoms with Crippen LogP contribution in [0.2, 0.25) is 0 Å². The second kappa shape index (κ2) is 4.12. The van der Waals surface area contributed by atoms with Crippen molar-refractivity contribution in [2.45, 2.75) is 48.4 Å². The Labute approximate surface area is 105 Å². The molecule has 1 aliphatic carbocycles. The van der Waals surface area contributed by atoms with Gasteiger partial charge in [0.05, 0.1) is 11.2 Å².